The number of rotatable bonds is 1. The smallest absolute Gasteiger partial charge is 0.113 e. The van der Waals surface area contributed by atoms with Crippen LogP contribution in [0.2, 0.25) is 0 Å². The molecule has 5 heteroatoms. The summed E-state index contributed by atoms with van der Waals surface area (Å²) in [5.74, 6) is 0.619. The zero-order chi connectivity index (χ0) is 14.1. The molecule has 0 bridgehead atoms. The normalized spacial score (nSPS) is 22.8. The number of anilines is 1. The van der Waals surface area contributed by atoms with Crippen molar-refractivity contribution in [2.45, 2.75) is 19.4 Å². The number of aromatic nitrogens is 2. The molecule has 0 spiro atoms. The van der Waals surface area contributed by atoms with Gasteiger partial charge in [0.25, 0.3) is 0 Å². The van der Waals surface area contributed by atoms with Gasteiger partial charge >= 0.3 is 0 Å². The Kier molecular flexibility index (Phi) is 3.25. The molecule has 0 radical (unpaired) electrons. The maximum Gasteiger partial charge on any atom is 0.113 e. The predicted molar refractivity (Wildman–Crippen MR) is 76.9 cm³/mol. The third-order valence-electron chi connectivity index (χ3n) is 3.81. The van der Waals surface area contributed by atoms with Crippen LogP contribution in [0.1, 0.15) is 18.9 Å². The lowest BCUT2D eigenvalue weighted by molar-refractivity contribution is -0.421. The molecule has 0 saturated carbocycles. The first kappa shape index (κ1) is 12.8. The number of hydrogen-bond donors (Lipinski definition) is 1. The SMILES string of the molecule is CC1CC([NH3+])CN(c2ccc(C#N)c3nccnc23)C1. The van der Waals surface area contributed by atoms with E-state index >= 15 is 0 Å². The van der Waals surface area contributed by atoms with Gasteiger partial charge in [-0.3, -0.25) is 9.97 Å². The molecule has 1 saturated heterocycles. The van der Waals surface area contributed by atoms with E-state index in [1.165, 1.54) is 0 Å². The summed E-state index contributed by atoms with van der Waals surface area (Å²) in [6, 6.07) is 6.44. The number of hydrogen-bond acceptors (Lipinski definition) is 4. The van der Waals surface area contributed by atoms with E-state index in [0.29, 0.717) is 23.0 Å². The molecule has 1 aliphatic heterocycles. The molecule has 2 aromatic rings. The third-order valence-corrected chi connectivity index (χ3v) is 3.81. The second kappa shape index (κ2) is 5.06. The molecule has 1 fully saturated rings. The first-order valence-corrected chi connectivity index (χ1v) is 6.91. The van der Waals surface area contributed by atoms with Crippen molar-refractivity contribution < 1.29 is 5.73 Å². The van der Waals surface area contributed by atoms with Crippen molar-refractivity contribution in [1.82, 2.24) is 9.97 Å². The molecular weight excluding hydrogens is 250 g/mol. The van der Waals surface area contributed by atoms with Crippen LogP contribution in [-0.4, -0.2) is 29.1 Å². The Morgan fingerprint density at radius 2 is 2.00 bits per heavy atom. The highest BCUT2D eigenvalue weighted by molar-refractivity contribution is 5.91. The number of benzene rings is 1. The molecule has 1 aromatic carbocycles. The van der Waals surface area contributed by atoms with E-state index < -0.39 is 0 Å². The molecule has 2 unspecified atom stereocenters. The van der Waals surface area contributed by atoms with Crippen LogP contribution in [0.3, 0.4) is 0 Å². The molecule has 5 nitrogen and oxygen atoms in total. The molecular formula is C15H18N5+. The molecule has 102 valence electrons. The lowest BCUT2D eigenvalue weighted by Crippen LogP contribution is -2.68. The fourth-order valence-electron chi connectivity index (χ4n) is 3.07. The highest BCUT2D eigenvalue weighted by Crippen LogP contribution is 2.29. The quantitative estimate of drug-likeness (QED) is 0.835. The third kappa shape index (κ3) is 2.19. The predicted octanol–water partition coefficient (Wildman–Crippen LogP) is 0.958. The van der Waals surface area contributed by atoms with Gasteiger partial charge in [0, 0.05) is 25.4 Å². The Hall–Kier alpha value is -2.19. The van der Waals surface area contributed by atoms with Crippen molar-refractivity contribution in [2.24, 2.45) is 5.92 Å². The van der Waals surface area contributed by atoms with Gasteiger partial charge in [-0.1, -0.05) is 6.92 Å². The second-order valence-electron chi connectivity index (χ2n) is 5.61. The number of nitrogens with zero attached hydrogens (tertiary/aromatic N) is 4. The summed E-state index contributed by atoms with van der Waals surface area (Å²) in [5, 5.41) is 9.18. The Labute approximate surface area is 118 Å². The minimum atomic E-state index is 0.432. The summed E-state index contributed by atoms with van der Waals surface area (Å²) in [5.41, 5.74) is 7.35. The maximum absolute atomic E-state index is 9.18. The van der Waals surface area contributed by atoms with Gasteiger partial charge in [-0.05, 0) is 18.1 Å². The molecule has 3 rings (SSSR count). The highest BCUT2D eigenvalue weighted by atomic mass is 15.2. The Bertz CT molecular complexity index is 666. The van der Waals surface area contributed by atoms with Crippen LogP contribution >= 0.6 is 0 Å². The van der Waals surface area contributed by atoms with Crippen molar-refractivity contribution >= 4 is 16.7 Å². The fraction of sp³-hybridized carbons (Fsp3) is 0.400. The largest absolute Gasteiger partial charge is 0.363 e. The van der Waals surface area contributed by atoms with Gasteiger partial charge in [-0.25, -0.2) is 0 Å². The first-order valence-electron chi connectivity index (χ1n) is 6.91. The molecule has 0 aliphatic carbocycles. The Morgan fingerprint density at radius 1 is 1.25 bits per heavy atom. The summed E-state index contributed by atoms with van der Waals surface area (Å²) in [7, 11) is 0. The summed E-state index contributed by atoms with van der Waals surface area (Å²) in [4.78, 5) is 11.1. The number of quaternary nitrogens is 1. The van der Waals surface area contributed by atoms with E-state index in [0.717, 1.165) is 30.7 Å². The van der Waals surface area contributed by atoms with Gasteiger partial charge in [0.05, 0.1) is 17.8 Å². The zero-order valence-electron chi connectivity index (χ0n) is 11.6. The van der Waals surface area contributed by atoms with Crippen LogP contribution in [-0.2, 0) is 0 Å². The molecule has 2 atom stereocenters. The molecule has 1 aromatic heterocycles. The second-order valence-corrected chi connectivity index (χ2v) is 5.61. The number of piperidine rings is 1. The number of nitriles is 1. The lowest BCUT2D eigenvalue weighted by Gasteiger charge is -2.35. The summed E-state index contributed by atoms with van der Waals surface area (Å²) in [6.45, 7) is 4.19. The van der Waals surface area contributed by atoms with Gasteiger partial charge in [0.1, 0.15) is 23.1 Å². The van der Waals surface area contributed by atoms with Crippen LogP contribution in [0.5, 0.6) is 0 Å². The molecule has 20 heavy (non-hydrogen) atoms. The summed E-state index contributed by atoms with van der Waals surface area (Å²) < 4.78 is 0. The van der Waals surface area contributed by atoms with Crippen molar-refractivity contribution in [3.05, 3.63) is 30.1 Å². The van der Waals surface area contributed by atoms with Crippen LogP contribution < -0.4 is 10.6 Å². The topological polar surface area (TPSA) is 80.5 Å². The van der Waals surface area contributed by atoms with Crippen molar-refractivity contribution in [3.8, 4) is 6.07 Å². The average Bonchev–Trinajstić information content (AvgIpc) is 2.45. The minimum Gasteiger partial charge on any atom is -0.363 e. The molecule has 3 N–H and O–H groups in total. The molecule has 0 amide bonds. The van der Waals surface area contributed by atoms with Gasteiger partial charge in [-0.2, -0.15) is 5.26 Å². The first-order chi connectivity index (χ1) is 9.69. The van der Waals surface area contributed by atoms with Crippen molar-refractivity contribution in [3.63, 3.8) is 0 Å². The van der Waals surface area contributed by atoms with E-state index in [4.69, 9.17) is 0 Å². The Balaban J connectivity index is 2.11. The van der Waals surface area contributed by atoms with Crippen LogP contribution in [0, 0.1) is 17.2 Å². The van der Waals surface area contributed by atoms with Gasteiger partial charge < -0.3 is 10.6 Å². The van der Waals surface area contributed by atoms with Crippen LogP contribution in [0.15, 0.2) is 24.5 Å². The van der Waals surface area contributed by atoms with E-state index in [2.05, 4.69) is 33.6 Å². The van der Waals surface area contributed by atoms with E-state index in [1.54, 1.807) is 12.4 Å². The average molecular weight is 268 g/mol. The van der Waals surface area contributed by atoms with Crippen molar-refractivity contribution in [2.75, 3.05) is 18.0 Å². The van der Waals surface area contributed by atoms with Gasteiger partial charge in [0.2, 0.25) is 0 Å². The Morgan fingerprint density at radius 3 is 2.70 bits per heavy atom. The van der Waals surface area contributed by atoms with E-state index in [-0.39, 0.29) is 0 Å². The van der Waals surface area contributed by atoms with E-state index in [1.807, 2.05) is 12.1 Å². The van der Waals surface area contributed by atoms with Gasteiger partial charge in [-0.15, -0.1) is 0 Å². The minimum absolute atomic E-state index is 0.432. The van der Waals surface area contributed by atoms with Crippen molar-refractivity contribution in [1.29, 1.82) is 5.26 Å². The molecule has 1 aliphatic rings. The lowest BCUT2D eigenvalue weighted by atomic mass is 9.96. The van der Waals surface area contributed by atoms with E-state index in [9.17, 15) is 5.26 Å². The van der Waals surface area contributed by atoms with Gasteiger partial charge in [0.15, 0.2) is 0 Å². The zero-order valence-corrected chi connectivity index (χ0v) is 11.6. The maximum atomic E-state index is 9.18. The summed E-state index contributed by atoms with van der Waals surface area (Å²) in [6.07, 6.45) is 4.48. The molecule has 2 heterocycles. The number of fused-ring (bicyclic) bond motifs is 1. The van der Waals surface area contributed by atoms with Crippen LogP contribution in [0.4, 0.5) is 5.69 Å². The fourth-order valence-corrected chi connectivity index (χ4v) is 3.07. The van der Waals surface area contributed by atoms with Crippen LogP contribution in [0.25, 0.3) is 11.0 Å². The standard InChI is InChI=1S/C15H17N5/c1-10-6-12(17)9-20(8-10)13-3-2-11(7-16)14-15(13)19-5-4-18-14/h2-5,10,12H,6,8-9,17H2,1H3/p+1. The summed E-state index contributed by atoms with van der Waals surface area (Å²) >= 11 is 0. The monoisotopic (exact) mass is 268 g/mol. The highest BCUT2D eigenvalue weighted by Gasteiger charge is 2.26.